The quantitative estimate of drug-likeness (QED) is 0.707. The summed E-state index contributed by atoms with van der Waals surface area (Å²) >= 11 is 0. The van der Waals surface area contributed by atoms with Crippen molar-refractivity contribution in [2.24, 2.45) is 0 Å². The van der Waals surface area contributed by atoms with Crippen molar-refractivity contribution in [2.45, 2.75) is 43.6 Å². The van der Waals surface area contributed by atoms with E-state index in [4.69, 9.17) is 4.74 Å². The van der Waals surface area contributed by atoms with Gasteiger partial charge in [-0.05, 0) is 51.4 Å². The number of benzene rings is 1. The van der Waals surface area contributed by atoms with Crippen LogP contribution in [0.1, 0.15) is 37.7 Å². The molecule has 1 aliphatic rings. The average molecular weight is 279 g/mol. The summed E-state index contributed by atoms with van der Waals surface area (Å²) in [5, 5.41) is 0. The van der Waals surface area contributed by atoms with E-state index in [-0.39, 0.29) is 11.2 Å². The lowest BCUT2D eigenvalue weighted by atomic mass is 9.59. The molecule has 1 aromatic rings. The summed E-state index contributed by atoms with van der Waals surface area (Å²) in [5.41, 5.74) is 0.894. The van der Waals surface area contributed by atoms with E-state index in [1.807, 2.05) is 12.1 Å². The van der Waals surface area contributed by atoms with E-state index in [1.54, 1.807) is 19.2 Å². The molecule has 1 fully saturated rings. The number of hydrogen-bond donors (Lipinski definition) is 0. The van der Waals surface area contributed by atoms with Crippen LogP contribution in [0.25, 0.3) is 0 Å². The zero-order valence-corrected chi connectivity index (χ0v) is 12.9. The molecule has 2 rings (SSSR count). The molecule has 112 valence electrons. The lowest BCUT2D eigenvalue weighted by molar-refractivity contribution is 0.0774. The van der Waals surface area contributed by atoms with Gasteiger partial charge in [0.15, 0.2) is 0 Å². The monoisotopic (exact) mass is 279 g/mol. The highest BCUT2D eigenvalue weighted by Gasteiger charge is 2.47. The summed E-state index contributed by atoms with van der Waals surface area (Å²) in [4.78, 5) is 2.27. The number of ether oxygens (including phenoxy) is 1. The highest BCUT2D eigenvalue weighted by atomic mass is 19.1. The van der Waals surface area contributed by atoms with Gasteiger partial charge in [-0.25, -0.2) is 4.39 Å². The van der Waals surface area contributed by atoms with Gasteiger partial charge in [-0.3, -0.25) is 0 Å². The van der Waals surface area contributed by atoms with Crippen molar-refractivity contribution >= 4 is 0 Å². The maximum absolute atomic E-state index is 14.3. The molecule has 2 nitrogen and oxygen atoms in total. The molecule has 20 heavy (non-hydrogen) atoms. The fourth-order valence-electron chi connectivity index (χ4n) is 3.65. The largest absolute Gasteiger partial charge is 0.385 e. The predicted molar refractivity (Wildman–Crippen MR) is 80.5 cm³/mol. The molecule has 0 aliphatic heterocycles. The van der Waals surface area contributed by atoms with E-state index in [1.165, 1.54) is 6.42 Å². The molecular weight excluding hydrogens is 253 g/mol. The number of halogens is 1. The maximum atomic E-state index is 14.3. The van der Waals surface area contributed by atoms with Crippen molar-refractivity contribution < 1.29 is 9.13 Å². The Morgan fingerprint density at radius 3 is 2.50 bits per heavy atom. The maximum Gasteiger partial charge on any atom is 0.127 e. The Kier molecular flexibility index (Phi) is 5.17. The first kappa shape index (κ1) is 15.5. The summed E-state index contributed by atoms with van der Waals surface area (Å²) < 4.78 is 19.4. The molecule has 1 aliphatic carbocycles. The molecule has 1 saturated carbocycles. The Balaban J connectivity index is 2.25. The number of nitrogens with zero attached hydrogens (tertiary/aromatic N) is 1. The van der Waals surface area contributed by atoms with Gasteiger partial charge in [0.05, 0.1) is 0 Å². The lowest BCUT2D eigenvalue weighted by Gasteiger charge is -2.51. The zero-order chi connectivity index (χ0) is 14.6. The highest BCUT2D eigenvalue weighted by molar-refractivity contribution is 5.32. The van der Waals surface area contributed by atoms with Crippen molar-refractivity contribution in [3.63, 3.8) is 0 Å². The van der Waals surface area contributed by atoms with Crippen molar-refractivity contribution in [3.8, 4) is 0 Å². The standard InChI is InChI=1S/C17H26FNO/c1-19(2)16(10-6-13-20-3)17(11-7-12-17)14-8-4-5-9-15(14)18/h4-5,8-9,16H,6-7,10-13H2,1-3H3. The minimum Gasteiger partial charge on any atom is -0.385 e. The summed E-state index contributed by atoms with van der Waals surface area (Å²) in [6.45, 7) is 0.775. The first-order chi connectivity index (χ1) is 9.62. The molecule has 0 spiro atoms. The van der Waals surface area contributed by atoms with Gasteiger partial charge in [0.1, 0.15) is 5.82 Å². The van der Waals surface area contributed by atoms with Crippen molar-refractivity contribution in [1.29, 1.82) is 0 Å². The van der Waals surface area contributed by atoms with Crippen molar-refractivity contribution in [3.05, 3.63) is 35.6 Å². The Hall–Kier alpha value is -0.930. The fourth-order valence-corrected chi connectivity index (χ4v) is 3.65. The van der Waals surface area contributed by atoms with E-state index < -0.39 is 0 Å². The molecule has 0 N–H and O–H groups in total. The first-order valence-electron chi connectivity index (χ1n) is 7.52. The average Bonchev–Trinajstić information content (AvgIpc) is 2.37. The Bertz CT molecular complexity index is 429. The van der Waals surface area contributed by atoms with Crippen molar-refractivity contribution in [2.75, 3.05) is 27.8 Å². The molecule has 0 radical (unpaired) electrons. The minimum atomic E-state index is -0.0502. The second-order valence-corrected chi connectivity index (χ2v) is 6.10. The number of likely N-dealkylation sites (N-methyl/N-ethyl adjacent to an activating group) is 1. The van der Waals surface area contributed by atoms with Crippen LogP contribution in [0.15, 0.2) is 24.3 Å². The summed E-state index contributed by atoms with van der Waals surface area (Å²) in [6.07, 6.45) is 5.45. The van der Waals surface area contributed by atoms with E-state index in [0.29, 0.717) is 6.04 Å². The predicted octanol–water partition coefficient (Wildman–Crippen LogP) is 3.60. The minimum absolute atomic E-state index is 0.0113. The van der Waals surface area contributed by atoms with Gasteiger partial charge in [-0.2, -0.15) is 0 Å². The number of rotatable bonds is 7. The van der Waals surface area contributed by atoms with Gasteiger partial charge in [0.2, 0.25) is 0 Å². The molecule has 0 aromatic heterocycles. The van der Waals surface area contributed by atoms with Crippen LogP contribution in [-0.4, -0.2) is 38.8 Å². The Labute approximate surface area is 121 Å². The third-order valence-corrected chi connectivity index (χ3v) is 4.74. The molecule has 0 amide bonds. The summed E-state index contributed by atoms with van der Waals surface area (Å²) in [7, 11) is 5.96. The Morgan fingerprint density at radius 2 is 2.00 bits per heavy atom. The van der Waals surface area contributed by atoms with Crippen LogP contribution in [0, 0.1) is 5.82 Å². The zero-order valence-electron chi connectivity index (χ0n) is 12.9. The van der Waals surface area contributed by atoms with Crippen LogP contribution in [0.3, 0.4) is 0 Å². The third-order valence-electron chi connectivity index (χ3n) is 4.74. The van der Waals surface area contributed by atoms with Crippen molar-refractivity contribution in [1.82, 2.24) is 4.90 Å². The summed E-state index contributed by atoms with van der Waals surface area (Å²) in [6, 6.07) is 7.68. The van der Waals surface area contributed by atoms with Crippen LogP contribution in [0.2, 0.25) is 0 Å². The molecule has 1 atom stereocenters. The summed E-state index contributed by atoms with van der Waals surface area (Å²) in [5.74, 6) is -0.0502. The molecule has 0 saturated heterocycles. The number of methoxy groups -OCH3 is 1. The van der Waals surface area contributed by atoms with Gasteiger partial charge in [-0.15, -0.1) is 0 Å². The normalized spacial score (nSPS) is 18.9. The van der Waals surface area contributed by atoms with Crippen LogP contribution >= 0.6 is 0 Å². The lowest BCUT2D eigenvalue weighted by Crippen LogP contribution is -2.52. The van der Waals surface area contributed by atoms with E-state index in [0.717, 1.165) is 37.9 Å². The van der Waals surface area contributed by atoms with E-state index >= 15 is 0 Å². The van der Waals surface area contributed by atoms with Crippen LogP contribution < -0.4 is 0 Å². The van der Waals surface area contributed by atoms with Gasteiger partial charge < -0.3 is 9.64 Å². The number of hydrogen-bond acceptors (Lipinski definition) is 2. The highest BCUT2D eigenvalue weighted by Crippen LogP contribution is 2.49. The van der Waals surface area contributed by atoms with Gasteiger partial charge in [0.25, 0.3) is 0 Å². The fraction of sp³-hybridized carbons (Fsp3) is 0.647. The van der Waals surface area contributed by atoms with Crippen LogP contribution in [0.4, 0.5) is 4.39 Å². The van der Waals surface area contributed by atoms with E-state index in [9.17, 15) is 4.39 Å². The molecule has 0 heterocycles. The third kappa shape index (κ3) is 2.89. The molecule has 1 unspecified atom stereocenters. The van der Waals surface area contributed by atoms with Crippen LogP contribution in [0.5, 0.6) is 0 Å². The SMILES string of the molecule is COCCCC(N(C)C)C1(c2ccccc2F)CCC1. The van der Waals surface area contributed by atoms with Gasteiger partial charge in [-0.1, -0.05) is 24.6 Å². The van der Waals surface area contributed by atoms with Gasteiger partial charge in [0, 0.05) is 25.2 Å². The second-order valence-electron chi connectivity index (χ2n) is 6.10. The topological polar surface area (TPSA) is 12.5 Å². The Morgan fingerprint density at radius 1 is 1.30 bits per heavy atom. The molecule has 1 aromatic carbocycles. The molecule has 3 heteroatoms. The van der Waals surface area contributed by atoms with Crippen LogP contribution in [-0.2, 0) is 10.2 Å². The molecular formula is C17H26FNO. The van der Waals surface area contributed by atoms with Gasteiger partial charge >= 0.3 is 0 Å². The second kappa shape index (κ2) is 6.68. The smallest absolute Gasteiger partial charge is 0.127 e. The van der Waals surface area contributed by atoms with E-state index in [2.05, 4.69) is 19.0 Å². The first-order valence-corrected chi connectivity index (χ1v) is 7.52. The molecule has 0 bridgehead atoms.